The van der Waals surface area contributed by atoms with E-state index in [1.807, 2.05) is 32.3 Å². The summed E-state index contributed by atoms with van der Waals surface area (Å²) in [5, 5.41) is 2.27. The number of nitrogens with one attached hydrogen (secondary N) is 1. The van der Waals surface area contributed by atoms with E-state index in [2.05, 4.69) is 27.8 Å². The first-order valence-electron chi connectivity index (χ1n) is 10.2. The molecule has 0 amide bonds. The average molecular weight is 465 g/mol. The lowest BCUT2D eigenvalue weighted by molar-refractivity contribution is -0.140. The molecule has 2 aliphatic rings. The predicted octanol–water partition coefficient (Wildman–Crippen LogP) is 4.63. The molecule has 170 valence electrons. The molecule has 2 bridgehead atoms. The molecule has 2 aromatic rings. The molecule has 0 saturated carbocycles. The van der Waals surface area contributed by atoms with Gasteiger partial charge in [-0.15, -0.1) is 0 Å². The van der Waals surface area contributed by atoms with Gasteiger partial charge in [0.25, 0.3) is 0 Å². The second kappa shape index (κ2) is 9.17. The maximum absolute atomic E-state index is 13.3. The van der Waals surface area contributed by atoms with Crippen LogP contribution >= 0.6 is 11.9 Å². The van der Waals surface area contributed by atoms with E-state index in [0.717, 1.165) is 21.4 Å². The van der Waals surface area contributed by atoms with Crippen molar-refractivity contribution in [1.29, 1.82) is 0 Å². The highest BCUT2D eigenvalue weighted by Crippen LogP contribution is 2.43. The fourth-order valence-electron chi connectivity index (χ4n) is 3.88. The number of benzene rings is 2. The van der Waals surface area contributed by atoms with Gasteiger partial charge in [0, 0.05) is 36.6 Å². The summed E-state index contributed by atoms with van der Waals surface area (Å²) in [4.78, 5) is 15.4. The number of alkyl halides is 3. The van der Waals surface area contributed by atoms with Crippen LogP contribution in [0.25, 0.3) is 10.8 Å². The third kappa shape index (κ3) is 4.51. The molecule has 0 aromatic heterocycles. The van der Waals surface area contributed by atoms with Gasteiger partial charge in [-0.3, -0.25) is 4.72 Å². The van der Waals surface area contributed by atoms with E-state index < -0.39 is 35.5 Å². The lowest BCUT2D eigenvalue weighted by Crippen LogP contribution is -2.25. The van der Waals surface area contributed by atoms with Gasteiger partial charge in [0.15, 0.2) is 0 Å². The van der Waals surface area contributed by atoms with Crippen molar-refractivity contribution in [1.82, 2.24) is 4.72 Å². The van der Waals surface area contributed by atoms with Crippen molar-refractivity contribution >= 4 is 34.4 Å². The van der Waals surface area contributed by atoms with Crippen LogP contribution in [0.5, 0.6) is 0 Å². The van der Waals surface area contributed by atoms with Crippen LogP contribution in [-0.2, 0) is 14.3 Å². The number of fused-ring (bicyclic) bond motifs is 3. The molecule has 0 saturated heterocycles. The summed E-state index contributed by atoms with van der Waals surface area (Å²) in [6.07, 6.45) is -3.57. The smallest absolute Gasteiger partial charge is 0.416 e. The molecule has 0 spiro atoms. The van der Waals surface area contributed by atoms with Crippen molar-refractivity contribution in [2.75, 3.05) is 32.1 Å². The van der Waals surface area contributed by atoms with Gasteiger partial charge in [-0.25, -0.2) is 4.79 Å². The maximum Gasteiger partial charge on any atom is 0.416 e. The van der Waals surface area contributed by atoms with Crippen LogP contribution < -0.4 is 9.62 Å². The first-order chi connectivity index (χ1) is 15.3. The van der Waals surface area contributed by atoms with E-state index in [0.29, 0.717) is 13.0 Å². The molecule has 0 aliphatic carbocycles. The highest BCUT2D eigenvalue weighted by Gasteiger charge is 2.51. The Morgan fingerprint density at radius 2 is 1.84 bits per heavy atom. The molecule has 2 aromatic carbocycles. The summed E-state index contributed by atoms with van der Waals surface area (Å²) in [7, 11) is 4.00. The highest BCUT2D eigenvalue weighted by molar-refractivity contribution is 7.97. The molecule has 0 radical (unpaired) electrons. The average Bonchev–Trinajstić information content (AvgIpc) is 3.37. The van der Waals surface area contributed by atoms with Gasteiger partial charge >= 0.3 is 12.1 Å². The minimum Gasteiger partial charge on any atom is -0.462 e. The van der Waals surface area contributed by atoms with Crippen LogP contribution in [0.3, 0.4) is 0 Å². The number of carbonyl (C=O) groups is 1. The van der Waals surface area contributed by atoms with Crippen molar-refractivity contribution in [2.45, 2.75) is 29.7 Å². The van der Waals surface area contributed by atoms with Crippen molar-refractivity contribution in [3.8, 4) is 0 Å². The fraction of sp³-hybridized carbons (Fsp3) is 0.348. The van der Waals surface area contributed by atoms with Gasteiger partial charge in [0.2, 0.25) is 0 Å². The van der Waals surface area contributed by atoms with Gasteiger partial charge in [0.1, 0.15) is 12.2 Å². The number of anilines is 1. The third-order valence-corrected chi connectivity index (χ3v) is 6.24. The maximum atomic E-state index is 13.3. The number of carbonyl (C=O) groups excluding carboxylic acids is 1. The summed E-state index contributed by atoms with van der Waals surface area (Å²) in [6.45, 7) is 0.539. The molecule has 2 unspecified atom stereocenters. The van der Waals surface area contributed by atoms with Gasteiger partial charge in [-0.05, 0) is 35.9 Å². The quantitative estimate of drug-likeness (QED) is 0.266. The van der Waals surface area contributed by atoms with Crippen molar-refractivity contribution in [3.63, 3.8) is 0 Å². The Labute approximate surface area is 188 Å². The number of hydrogen-bond acceptors (Lipinski definition) is 6. The Kier molecular flexibility index (Phi) is 6.50. The molecule has 2 heterocycles. The van der Waals surface area contributed by atoms with Crippen LogP contribution in [0.2, 0.25) is 0 Å². The number of nitrogens with zero attached hydrogens (tertiary/aromatic N) is 1. The number of hydrogen-bond donors (Lipinski definition) is 1. The van der Waals surface area contributed by atoms with E-state index in [1.165, 1.54) is 24.1 Å². The van der Waals surface area contributed by atoms with Crippen LogP contribution in [-0.4, -0.2) is 51.6 Å². The van der Waals surface area contributed by atoms with Crippen molar-refractivity contribution < 1.29 is 27.4 Å². The molecule has 0 fully saturated rings. The van der Waals surface area contributed by atoms with E-state index >= 15 is 0 Å². The molecular formula is C23H23F3N2O3S. The zero-order valence-electron chi connectivity index (χ0n) is 17.6. The lowest BCUT2D eigenvalue weighted by Gasteiger charge is -2.17. The first-order valence-corrected chi connectivity index (χ1v) is 11.0. The van der Waals surface area contributed by atoms with E-state index in [4.69, 9.17) is 9.47 Å². The molecule has 9 heteroatoms. The largest absolute Gasteiger partial charge is 0.462 e. The number of esters is 1. The lowest BCUT2D eigenvalue weighted by atomic mass is 9.96. The SMILES string of the molecule is CN(C)c1cccc2c(SNCCCOC(=O)C3=C(C(F)(F)F)C4C=CC3O4)cccc12. The third-order valence-electron chi connectivity index (χ3n) is 5.32. The standard InChI is InChI=1S/C23H23F3N2O3S/c1-28(2)16-8-3-7-15-14(16)6-4-9-19(15)32-27-12-5-13-30-22(29)20-17-10-11-18(31-17)21(20)23(24,25)26/h3-4,6-11,17-18,27H,5,12-13H2,1-2H3. The molecule has 1 N–H and O–H groups in total. The molecule has 4 rings (SSSR count). The van der Waals surface area contributed by atoms with E-state index in [1.54, 1.807) is 0 Å². The monoisotopic (exact) mass is 464 g/mol. The van der Waals surface area contributed by atoms with Gasteiger partial charge in [-0.1, -0.05) is 36.4 Å². The normalized spacial score (nSPS) is 19.8. The molecule has 2 atom stereocenters. The van der Waals surface area contributed by atoms with Gasteiger partial charge in [0.05, 0.1) is 17.8 Å². The fourth-order valence-corrected chi connectivity index (χ4v) is 4.72. The molecule has 32 heavy (non-hydrogen) atoms. The number of halogens is 3. The van der Waals surface area contributed by atoms with Gasteiger partial charge in [-0.2, -0.15) is 13.2 Å². The highest BCUT2D eigenvalue weighted by atomic mass is 32.2. The van der Waals surface area contributed by atoms with Crippen LogP contribution in [0.1, 0.15) is 6.42 Å². The van der Waals surface area contributed by atoms with Crippen molar-refractivity contribution in [3.05, 3.63) is 59.7 Å². The molecule has 5 nitrogen and oxygen atoms in total. The van der Waals surface area contributed by atoms with Crippen LogP contribution in [0.15, 0.2) is 64.6 Å². The summed E-state index contributed by atoms with van der Waals surface area (Å²) in [5.41, 5.74) is -0.250. The summed E-state index contributed by atoms with van der Waals surface area (Å²) in [6, 6.07) is 12.2. The predicted molar refractivity (Wildman–Crippen MR) is 119 cm³/mol. The van der Waals surface area contributed by atoms with Crippen molar-refractivity contribution in [2.24, 2.45) is 0 Å². The number of rotatable bonds is 8. The Morgan fingerprint density at radius 3 is 2.59 bits per heavy atom. The Balaban J connectivity index is 1.29. The first kappa shape index (κ1) is 22.7. The van der Waals surface area contributed by atoms with E-state index in [-0.39, 0.29) is 6.61 Å². The van der Waals surface area contributed by atoms with Crippen LogP contribution in [0.4, 0.5) is 18.9 Å². The summed E-state index contributed by atoms with van der Waals surface area (Å²) in [5.74, 6) is -0.966. The van der Waals surface area contributed by atoms with Gasteiger partial charge < -0.3 is 14.4 Å². The minimum atomic E-state index is -4.62. The zero-order valence-corrected chi connectivity index (χ0v) is 18.4. The Hall–Kier alpha value is -2.49. The Morgan fingerprint density at radius 1 is 1.12 bits per heavy atom. The summed E-state index contributed by atoms with van der Waals surface area (Å²) < 4.78 is 53.3. The van der Waals surface area contributed by atoms with E-state index in [9.17, 15) is 18.0 Å². The second-order valence-corrected chi connectivity index (χ2v) is 8.63. The summed E-state index contributed by atoms with van der Waals surface area (Å²) >= 11 is 1.47. The minimum absolute atomic E-state index is 0.0163. The topological polar surface area (TPSA) is 50.8 Å². The zero-order chi connectivity index (χ0) is 22.9. The number of ether oxygens (including phenoxy) is 2. The van der Waals surface area contributed by atoms with Crippen LogP contribution in [0, 0.1) is 0 Å². The Bertz CT molecular complexity index is 1080. The molecular weight excluding hydrogens is 441 g/mol. The molecule has 2 aliphatic heterocycles. The second-order valence-electron chi connectivity index (χ2n) is 7.70.